The number of sulfonamides is 1. The topological polar surface area (TPSA) is 64.6 Å². The summed E-state index contributed by atoms with van der Waals surface area (Å²) in [7, 11) is -3.25. The molecule has 172 valence electrons. The van der Waals surface area contributed by atoms with Crippen LogP contribution in [0.3, 0.4) is 0 Å². The average molecular weight is 448 g/mol. The standard InChI is InChI=1S/C25H37NO4S/c27-31(28,17-18-5-3-6-18)26-24-9-4-7-20-15-30-25-10-2-1-8-22(25)19-11-13-21(14-12-19)29-16-23(20)24/h1-2,8,10,18-21,23-24,26H,3-7,9,11-17H2/t19?,20?,21?,23-,24+/m1/s1. The van der Waals surface area contributed by atoms with Gasteiger partial charge in [0.2, 0.25) is 10.0 Å². The Morgan fingerprint density at radius 3 is 2.45 bits per heavy atom. The summed E-state index contributed by atoms with van der Waals surface area (Å²) in [6.45, 7) is 1.28. The van der Waals surface area contributed by atoms with E-state index in [2.05, 4.69) is 29.0 Å². The molecule has 5 aliphatic rings. The zero-order valence-electron chi connectivity index (χ0n) is 18.5. The number of ether oxygens (including phenoxy) is 2. The van der Waals surface area contributed by atoms with E-state index in [1.807, 2.05) is 0 Å². The fourth-order valence-electron chi connectivity index (χ4n) is 6.14. The minimum absolute atomic E-state index is 0.0399. The number of fused-ring (bicyclic) bond motifs is 4. The van der Waals surface area contributed by atoms with Crippen molar-refractivity contribution in [3.05, 3.63) is 29.8 Å². The van der Waals surface area contributed by atoms with Crippen LogP contribution in [0.5, 0.6) is 5.75 Å². The van der Waals surface area contributed by atoms with Crippen molar-refractivity contribution in [3.63, 3.8) is 0 Å². The molecule has 5 nitrogen and oxygen atoms in total. The number of hydrogen-bond acceptors (Lipinski definition) is 4. The van der Waals surface area contributed by atoms with Crippen molar-refractivity contribution in [2.75, 3.05) is 19.0 Å². The zero-order valence-corrected chi connectivity index (χ0v) is 19.3. The zero-order chi connectivity index (χ0) is 21.3. The smallest absolute Gasteiger partial charge is 0.212 e. The van der Waals surface area contributed by atoms with Gasteiger partial charge in [-0.2, -0.15) is 0 Å². The number of hydrogen-bond donors (Lipinski definition) is 1. The Labute approximate surface area is 187 Å². The highest BCUT2D eigenvalue weighted by Crippen LogP contribution is 2.41. The Bertz CT molecular complexity index is 845. The highest BCUT2D eigenvalue weighted by molar-refractivity contribution is 7.89. The summed E-state index contributed by atoms with van der Waals surface area (Å²) in [6.07, 6.45) is 11.0. The average Bonchev–Trinajstić information content (AvgIpc) is 2.74. The lowest BCUT2D eigenvalue weighted by Gasteiger charge is -2.40. The monoisotopic (exact) mass is 447 g/mol. The molecule has 0 aromatic heterocycles. The first-order valence-electron chi connectivity index (χ1n) is 12.4. The van der Waals surface area contributed by atoms with Gasteiger partial charge in [0.15, 0.2) is 0 Å². The van der Waals surface area contributed by atoms with Gasteiger partial charge in [-0.25, -0.2) is 13.1 Å². The molecule has 3 atom stereocenters. The van der Waals surface area contributed by atoms with Gasteiger partial charge in [0.25, 0.3) is 0 Å². The molecule has 0 saturated heterocycles. The SMILES string of the molecule is O=S(=O)(CC1CCC1)N[C@H]1CCCC2COc3ccccc3C3CCC(CC3)OC[C@H]21. The molecule has 31 heavy (non-hydrogen) atoms. The molecule has 0 amide bonds. The molecule has 1 aromatic carbocycles. The van der Waals surface area contributed by atoms with Gasteiger partial charge in [-0.15, -0.1) is 0 Å². The summed E-state index contributed by atoms with van der Waals surface area (Å²) in [5, 5.41) is 0. The van der Waals surface area contributed by atoms with Crippen molar-refractivity contribution < 1.29 is 17.9 Å². The van der Waals surface area contributed by atoms with Crippen molar-refractivity contribution in [3.8, 4) is 5.75 Å². The van der Waals surface area contributed by atoms with E-state index in [0.717, 1.165) is 63.5 Å². The van der Waals surface area contributed by atoms with Crippen LogP contribution in [0.2, 0.25) is 0 Å². The van der Waals surface area contributed by atoms with E-state index in [4.69, 9.17) is 9.47 Å². The summed E-state index contributed by atoms with van der Waals surface area (Å²) in [4.78, 5) is 0. The minimum Gasteiger partial charge on any atom is -0.493 e. The second-order valence-electron chi connectivity index (χ2n) is 10.3. The summed E-state index contributed by atoms with van der Waals surface area (Å²) >= 11 is 0. The van der Waals surface area contributed by atoms with Crippen molar-refractivity contribution in [1.82, 2.24) is 4.72 Å². The van der Waals surface area contributed by atoms with E-state index in [-0.39, 0.29) is 17.7 Å². The Hall–Kier alpha value is -1.11. The van der Waals surface area contributed by atoms with Crippen LogP contribution in [0, 0.1) is 17.8 Å². The van der Waals surface area contributed by atoms with E-state index in [1.165, 1.54) is 12.0 Å². The lowest BCUT2D eigenvalue weighted by atomic mass is 9.76. The van der Waals surface area contributed by atoms with Crippen LogP contribution in [0.15, 0.2) is 24.3 Å². The maximum atomic E-state index is 12.9. The highest BCUT2D eigenvalue weighted by atomic mass is 32.2. The third-order valence-electron chi connectivity index (χ3n) is 8.23. The van der Waals surface area contributed by atoms with Crippen LogP contribution in [0.25, 0.3) is 0 Å². The summed E-state index contributed by atoms with van der Waals surface area (Å²) in [6, 6.07) is 8.48. The molecule has 1 N–H and O–H groups in total. The van der Waals surface area contributed by atoms with Gasteiger partial charge in [0.1, 0.15) is 5.75 Å². The molecule has 3 aliphatic carbocycles. The third kappa shape index (κ3) is 5.12. The first-order chi connectivity index (χ1) is 15.1. The van der Waals surface area contributed by atoms with Crippen LogP contribution in [0.1, 0.15) is 75.7 Å². The third-order valence-corrected chi connectivity index (χ3v) is 9.81. The second kappa shape index (κ2) is 9.40. The van der Waals surface area contributed by atoms with Gasteiger partial charge < -0.3 is 9.47 Å². The Morgan fingerprint density at radius 1 is 0.903 bits per heavy atom. The molecular formula is C25H37NO4S. The minimum atomic E-state index is -3.25. The van der Waals surface area contributed by atoms with Gasteiger partial charge in [0.05, 0.1) is 25.1 Å². The molecule has 2 aliphatic heterocycles. The first kappa shape index (κ1) is 21.7. The van der Waals surface area contributed by atoms with E-state index in [0.29, 0.717) is 37.1 Å². The fourth-order valence-corrected chi connectivity index (χ4v) is 7.95. The van der Waals surface area contributed by atoms with Gasteiger partial charge in [-0.1, -0.05) is 31.0 Å². The number of nitrogens with one attached hydrogen (secondary N) is 1. The number of rotatable bonds is 4. The molecule has 0 radical (unpaired) electrons. The van der Waals surface area contributed by atoms with Gasteiger partial charge in [-0.3, -0.25) is 0 Å². The van der Waals surface area contributed by atoms with E-state index >= 15 is 0 Å². The van der Waals surface area contributed by atoms with Crippen molar-refractivity contribution >= 4 is 10.0 Å². The lowest BCUT2D eigenvalue weighted by Crippen LogP contribution is -2.50. The molecule has 3 saturated carbocycles. The van der Waals surface area contributed by atoms with Crippen LogP contribution in [-0.4, -0.2) is 39.5 Å². The van der Waals surface area contributed by atoms with Gasteiger partial charge in [-0.05, 0) is 80.8 Å². The summed E-state index contributed by atoms with van der Waals surface area (Å²) < 4.78 is 41.7. The Kier molecular flexibility index (Phi) is 6.59. The lowest BCUT2D eigenvalue weighted by molar-refractivity contribution is -0.0298. The van der Waals surface area contributed by atoms with E-state index in [1.54, 1.807) is 0 Å². The van der Waals surface area contributed by atoms with E-state index < -0.39 is 10.0 Å². The summed E-state index contributed by atoms with van der Waals surface area (Å²) in [5.74, 6) is 2.71. The van der Waals surface area contributed by atoms with Crippen molar-refractivity contribution in [2.45, 2.75) is 82.3 Å². The fraction of sp³-hybridized carbons (Fsp3) is 0.760. The second-order valence-corrected chi connectivity index (χ2v) is 12.1. The number of para-hydroxylation sites is 1. The molecular weight excluding hydrogens is 410 g/mol. The van der Waals surface area contributed by atoms with Crippen LogP contribution in [-0.2, 0) is 14.8 Å². The van der Waals surface area contributed by atoms with E-state index in [9.17, 15) is 8.42 Å². The molecule has 1 unspecified atom stereocenters. The predicted molar refractivity (Wildman–Crippen MR) is 122 cm³/mol. The Morgan fingerprint density at radius 2 is 1.68 bits per heavy atom. The van der Waals surface area contributed by atoms with Gasteiger partial charge >= 0.3 is 0 Å². The van der Waals surface area contributed by atoms with Gasteiger partial charge in [0, 0.05) is 12.0 Å². The van der Waals surface area contributed by atoms with Crippen LogP contribution in [0.4, 0.5) is 0 Å². The molecule has 6 rings (SSSR count). The molecule has 2 bridgehead atoms. The molecule has 6 heteroatoms. The van der Waals surface area contributed by atoms with Crippen LogP contribution >= 0.6 is 0 Å². The highest BCUT2D eigenvalue weighted by Gasteiger charge is 2.38. The first-order valence-corrected chi connectivity index (χ1v) is 14.1. The Balaban J connectivity index is 1.34. The van der Waals surface area contributed by atoms with Crippen molar-refractivity contribution in [1.29, 1.82) is 0 Å². The predicted octanol–water partition coefficient (Wildman–Crippen LogP) is 4.63. The summed E-state index contributed by atoms with van der Waals surface area (Å²) in [5.41, 5.74) is 1.34. The van der Waals surface area contributed by atoms with Crippen molar-refractivity contribution in [2.24, 2.45) is 17.8 Å². The number of benzene rings is 1. The maximum absolute atomic E-state index is 12.9. The molecule has 3 fully saturated rings. The normalized spacial score (nSPS) is 34.4. The molecule has 1 aromatic rings. The quantitative estimate of drug-likeness (QED) is 0.731. The molecule has 2 heterocycles. The largest absolute Gasteiger partial charge is 0.493 e. The molecule has 0 spiro atoms. The maximum Gasteiger partial charge on any atom is 0.212 e. The van der Waals surface area contributed by atoms with Crippen LogP contribution < -0.4 is 9.46 Å².